The standard InChI is InChI=1S/C16H16N2O/c19-16(17-13-7-2-1-3-8-13)18-15-11-10-12-6-4-5-9-14(12)15/h1-9,15H,10-11H2,(H2,17,18,19). The molecule has 0 heterocycles. The van der Waals surface area contributed by atoms with Crippen molar-refractivity contribution in [1.29, 1.82) is 0 Å². The normalized spacial score (nSPS) is 16.7. The van der Waals surface area contributed by atoms with E-state index in [1.807, 2.05) is 42.5 Å². The first-order chi connectivity index (χ1) is 9.33. The van der Waals surface area contributed by atoms with Gasteiger partial charge in [0, 0.05) is 5.69 Å². The molecule has 96 valence electrons. The van der Waals surface area contributed by atoms with Gasteiger partial charge in [0.2, 0.25) is 0 Å². The van der Waals surface area contributed by atoms with Crippen LogP contribution in [0, 0.1) is 0 Å². The van der Waals surface area contributed by atoms with Gasteiger partial charge in [-0.1, -0.05) is 42.5 Å². The minimum Gasteiger partial charge on any atom is -0.331 e. The molecule has 3 rings (SSSR count). The first-order valence-corrected chi connectivity index (χ1v) is 6.53. The number of hydrogen-bond donors (Lipinski definition) is 2. The lowest BCUT2D eigenvalue weighted by Crippen LogP contribution is -2.31. The van der Waals surface area contributed by atoms with Crippen LogP contribution in [0.4, 0.5) is 10.5 Å². The second kappa shape index (κ2) is 5.14. The van der Waals surface area contributed by atoms with Gasteiger partial charge in [0.1, 0.15) is 0 Å². The molecule has 0 saturated heterocycles. The van der Waals surface area contributed by atoms with E-state index in [9.17, 15) is 4.79 Å². The van der Waals surface area contributed by atoms with Crippen molar-refractivity contribution in [2.24, 2.45) is 0 Å². The molecule has 0 bridgehead atoms. The van der Waals surface area contributed by atoms with Crippen molar-refractivity contribution in [1.82, 2.24) is 5.32 Å². The number of carbonyl (C=O) groups excluding carboxylic acids is 1. The predicted octanol–water partition coefficient (Wildman–Crippen LogP) is 3.50. The van der Waals surface area contributed by atoms with Gasteiger partial charge in [-0.3, -0.25) is 0 Å². The third-order valence-corrected chi connectivity index (χ3v) is 3.47. The molecule has 1 atom stereocenters. The van der Waals surface area contributed by atoms with Gasteiger partial charge in [-0.25, -0.2) is 4.79 Å². The highest BCUT2D eigenvalue weighted by Gasteiger charge is 2.23. The molecule has 3 nitrogen and oxygen atoms in total. The molecule has 0 spiro atoms. The molecule has 1 unspecified atom stereocenters. The first-order valence-electron chi connectivity index (χ1n) is 6.53. The SMILES string of the molecule is O=C(Nc1ccccc1)NC1CCc2ccccc21. The van der Waals surface area contributed by atoms with Crippen molar-refractivity contribution in [3.05, 3.63) is 65.7 Å². The van der Waals surface area contributed by atoms with E-state index < -0.39 is 0 Å². The Labute approximate surface area is 112 Å². The van der Waals surface area contributed by atoms with Crippen LogP contribution >= 0.6 is 0 Å². The van der Waals surface area contributed by atoms with E-state index in [-0.39, 0.29) is 12.1 Å². The lowest BCUT2D eigenvalue weighted by molar-refractivity contribution is 0.248. The van der Waals surface area contributed by atoms with Crippen LogP contribution in [0.3, 0.4) is 0 Å². The number of carbonyl (C=O) groups is 1. The summed E-state index contributed by atoms with van der Waals surface area (Å²) in [4.78, 5) is 12.0. The van der Waals surface area contributed by atoms with Crippen molar-refractivity contribution < 1.29 is 4.79 Å². The van der Waals surface area contributed by atoms with Gasteiger partial charge < -0.3 is 10.6 Å². The van der Waals surface area contributed by atoms with Crippen LogP contribution in [-0.4, -0.2) is 6.03 Å². The fourth-order valence-corrected chi connectivity index (χ4v) is 2.55. The van der Waals surface area contributed by atoms with Crippen LogP contribution in [0.1, 0.15) is 23.6 Å². The molecule has 19 heavy (non-hydrogen) atoms. The van der Waals surface area contributed by atoms with Crippen molar-refractivity contribution in [3.8, 4) is 0 Å². The van der Waals surface area contributed by atoms with Crippen molar-refractivity contribution >= 4 is 11.7 Å². The van der Waals surface area contributed by atoms with Gasteiger partial charge in [0.15, 0.2) is 0 Å². The summed E-state index contributed by atoms with van der Waals surface area (Å²) in [6.07, 6.45) is 2.01. The number of urea groups is 1. The largest absolute Gasteiger partial charge is 0.331 e. The van der Waals surface area contributed by atoms with Crippen LogP contribution in [0.25, 0.3) is 0 Å². The van der Waals surface area contributed by atoms with Crippen molar-refractivity contribution in [2.75, 3.05) is 5.32 Å². The quantitative estimate of drug-likeness (QED) is 0.844. The fourth-order valence-electron chi connectivity index (χ4n) is 2.55. The monoisotopic (exact) mass is 252 g/mol. The first kappa shape index (κ1) is 11.8. The molecule has 0 fully saturated rings. The Bertz CT molecular complexity index is 580. The summed E-state index contributed by atoms with van der Waals surface area (Å²) < 4.78 is 0. The molecule has 2 aromatic carbocycles. The third kappa shape index (κ3) is 2.60. The van der Waals surface area contributed by atoms with E-state index in [1.54, 1.807) is 0 Å². The zero-order valence-corrected chi connectivity index (χ0v) is 10.6. The second-order valence-corrected chi connectivity index (χ2v) is 4.75. The van der Waals surface area contributed by atoms with Crippen LogP contribution in [0.5, 0.6) is 0 Å². The number of amides is 2. The Morgan fingerprint density at radius 3 is 2.58 bits per heavy atom. The van der Waals surface area contributed by atoms with E-state index in [2.05, 4.69) is 22.8 Å². The number of benzene rings is 2. The number of aryl methyl sites for hydroxylation is 1. The summed E-state index contributed by atoms with van der Waals surface area (Å²) >= 11 is 0. The van der Waals surface area contributed by atoms with E-state index in [1.165, 1.54) is 11.1 Å². The Morgan fingerprint density at radius 2 is 1.74 bits per heavy atom. The number of anilines is 1. The minimum absolute atomic E-state index is 0.125. The summed E-state index contributed by atoms with van der Waals surface area (Å²) in [7, 11) is 0. The maximum Gasteiger partial charge on any atom is 0.319 e. The summed E-state index contributed by atoms with van der Waals surface area (Å²) in [6, 6.07) is 17.8. The van der Waals surface area contributed by atoms with Gasteiger partial charge >= 0.3 is 6.03 Å². The highest BCUT2D eigenvalue weighted by Crippen LogP contribution is 2.30. The lowest BCUT2D eigenvalue weighted by Gasteiger charge is -2.14. The number of fused-ring (bicyclic) bond motifs is 1. The van der Waals surface area contributed by atoms with Gasteiger partial charge in [0.25, 0.3) is 0 Å². The Hall–Kier alpha value is -2.29. The Balaban J connectivity index is 1.65. The van der Waals surface area contributed by atoms with E-state index in [4.69, 9.17) is 0 Å². The molecule has 1 aliphatic rings. The number of para-hydroxylation sites is 1. The summed E-state index contributed by atoms with van der Waals surface area (Å²) in [5, 5.41) is 5.88. The lowest BCUT2D eigenvalue weighted by atomic mass is 10.1. The van der Waals surface area contributed by atoms with E-state index >= 15 is 0 Å². The maximum atomic E-state index is 12.0. The molecule has 0 saturated carbocycles. The third-order valence-electron chi connectivity index (χ3n) is 3.47. The molecule has 0 aliphatic heterocycles. The zero-order valence-electron chi connectivity index (χ0n) is 10.6. The van der Waals surface area contributed by atoms with Crippen LogP contribution in [-0.2, 0) is 6.42 Å². The molecular weight excluding hydrogens is 236 g/mol. The van der Waals surface area contributed by atoms with Crippen molar-refractivity contribution in [2.45, 2.75) is 18.9 Å². The van der Waals surface area contributed by atoms with Gasteiger partial charge in [-0.15, -0.1) is 0 Å². The number of rotatable bonds is 2. The molecule has 1 aliphatic carbocycles. The Kier molecular flexibility index (Phi) is 3.19. The highest BCUT2D eigenvalue weighted by atomic mass is 16.2. The summed E-state index contributed by atoms with van der Waals surface area (Å²) in [5.74, 6) is 0. The van der Waals surface area contributed by atoms with Gasteiger partial charge in [-0.2, -0.15) is 0 Å². The van der Waals surface area contributed by atoms with Gasteiger partial charge in [-0.05, 0) is 36.1 Å². The number of nitrogens with one attached hydrogen (secondary N) is 2. The topological polar surface area (TPSA) is 41.1 Å². The van der Waals surface area contributed by atoms with Gasteiger partial charge in [0.05, 0.1) is 6.04 Å². The maximum absolute atomic E-state index is 12.0. The fraction of sp³-hybridized carbons (Fsp3) is 0.188. The molecule has 0 aromatic heterocycles. The summed E-state index contributed by atoms with van der Waals surface area (Å²) in [5.41, 5.74) is 3.39. The molecule has 2 aromatic rings. The second-order valence-electron chi connectivity index (χ2n) is 4.75. The van der Waals surface area contributed by atoms with Crippen LogP contribution < -0.4 is 10.6 Å². The minimum atomic E-state index is -0.145. The molecule has 2 amide bonds. The number of hydrogen-bond acceptors (Lipinski definition) is 1. The zero-order chi connectivity index (χ0) is 13.1. The van der Waals surface area contributed by atoms with Crippen LogP contribution in [0.2, 0.25) is 0 Å². The average Bonchev–Trinajstić information content (AvgIpc) is 2.83. The highest BCUT2D eigenvalue weighted by molar-refractivity contribution is 5.89. The summed E-state index contributed by atoms with van der Waals surface area (Å²) in [6.45, 7) is 0. The molecule has 2 N–H and O–H groups in total. The van der Waals surface area contributed by atoms with E-state index in [0.29, 0.717) is 0 Å². The average molecular weight is 252 g/mol. The molecule has 0 radical (unpaired) electrons. The molecular formula is C16H16N2O. The van der Waals surface area contributed by atoms with Crippen molar-refractivity contribution in [3.63, 3.8) is 0 Å². The molecule has 3 heteroatoms. The van der Waals surface area contributed by atoms with E-state index in [0.717, 1.165) is 18.5 Å². The smallest absolute Gasteiger partial charge is 0.319 e. The Morgan fingerprint density at radius 1 is 1.00 bits per heavy atom. The van der Waals surface area contributed by atoms with Crippen LogP contribution in [0.15, 0.2) is 54.6 Å². The predicted molar refractivity (Wildman–Crippen MR) is 76.1 cm³/mol.